The van der Waals surface area contributed by atoms with Crippen molar-refractivity contribution >= 4 is 19.7 Å². The first kappa shape index (κ1) is 12.2. The van der Waals surface area contributed by atoms with E-state index in [0.29, 0.717) is 0 Å². The van der Waals surface area contributed by atoms with Crippen molar-refractivity contribution < 1.29 is 26.0 Å². The maximum Gasteiger partial charge on any atom is 0.281 e. The van der Waals surface area contributed by atoms with E-state index in [2.05, 4.69) is 4.98 Å². The number of hydrogen-bond donors (Lipinski definition) is 0. The predicted molar refractivity (Wildman–Crippen MR) is 42.1 cm³/mol. The number of nitrogens with zero attached hydrogens (tertiary/aromatic N) is 1. The maximum atomic E-state index is 12.9. The SMILES string of the molecule is O=S(=O)(Cl)c1c(F)cc(F)nc1C(F)F. The van der Waals surface area contributed by atoms with E-state index >= 15 is 0 Å². The van der Waals surface area contributed by atoms with E-state index < -0.39 is 37.8 Å². The van der Waals surface area contributed by atoms with E-state index in [0.717, 1.165) is 0 Å². The van der Waals surface area contributed by atoms with Crippen LogP contribution in [0.1, 0.15) is 12.1 Å². The molecule has 1 rings (SSSR count). The van der Waals surface area contributed by atoms with Crippen LogP contribution in [0.3, 0.4) is 0 Å². The van der Waals surface area contributed by atoms with Crippen molar-refractivity contribution in [3.63, 3.8) is 0 Å². The summed E-state index contributed by atoms with van der Waals surface area (Å²) in [6.45, 7) is 0. The first-order valence-corrected chi connectivity index (χ1v) is 5.63. The molecule has 0 aliphatic heterocycles. The van der Waals surface area contributed by atoms with Crippen molar-refractivity contribution in [3.05, 3.63) is 23.5 Å². The van der Waals surface area contributed by atoms with Crippen molar-refractivity contribution in [2.75, 3.05) is 0 Å². The van der Waals surface area contributed by atoms with Gasteiger partial charge in [-0.05, 0) is 0 Å². The van der Waals surface area contributed by atoms with Gasteiger partial charge in [0.15, 0.2) is 0 Å². The summed E-state index contributed by atoms with van der Waals surface area (Å²) in [7, 11) is -0.0360. The molecule has 0 N–H and O–H groups in total. The predicted octanol–water partition coefficient (Wildman–Crippen LogP) is 2.22. The third kappa shape index (κ3) is 2.57. The third-order valence-electron chi connectivity index (χ3n) is 1.37. The van der Waals surface area contributed by atoms with Crippen LogP contribution in [-0.4, -0.2) is 13.4 Å². The molecule has 3 nitrogen and oxygen atoms in total. The van der Waals surface area contributed by atoms with Gasteiger partial charge in [-0.2, -0.15) is 4.39 Å². The van der Waals surface area contributed by atoms with Crippen LogP contribution in [0.15, 0.2) is 11.0 Å². The van der Waals surface area contributed by atoms with Crippen LogP contribution in [0.4, 0.5) is 17.6 Å². The van der Waals surface area contributed by atoms with Crippen LogP contribution in [-0.2, 0) is 9.05 Å². The van der Waals surface area contributed by atoms with Gasteiger partial charge in [-0.25, -0.2) is 26.6 Å². The topological polar surface area (TPSA) is 47.0 Å². The summed E-state index contributed by atoms with van der Waals surface area (Å²) >= 11 is 0. The highest BCUT2D eigenvalue weighted by atomic mass is 35.7. The smallest absolute Gasteiger partial charge is 0.217 e. The molecule has 1 aromatic heterocycles. The van der Waals surface area contributed by atoms with Gasteiger partial charge >= 0.3 is 0 Å². The lowest BCUT2D eigenvalue weighted by Crippen LogP contribution is -2.07. The molecule has 0 spiro atoms. The Kier molecular flexibility index (Phi) is 3.19. The lowest BCUT2D eigenvalue weighted by atomic mass is 10.3. The molecule has 84 valence electrons. The van der Waals surface area contributed by atoms with Crippen LogP contribution in [0, 0.1) is 11.8 Å². The second-order valence-electron chi connectivity index (χ2n) is 2.38. The standard InChI is InChI=1S/C6H2ClF4NO2S/c7-15(13,14)5-2(8)1-3(9)12-4(5)6(10)11/h1,6H. The molecule has 0 aliphatic rings. The van der Waals surface area contributed by atoms with Crippen LogP contribution < -0.4 is 0 Å². The fourth-order valence-electron chi connectivity index (χ4n) is 0.880. The lowest BCUT2D eigenvalue weighted by molar-refractivity contribution is 0.139. The molecule has 0 aromatic carbocycles. The summed E-state index contributed by atoms with van der Waals surface area (Å²) in [6.07, 6.45) is -3.45. The minimum Gasteiger partial charge on any atom is -0.217 e. The van der Waals surface area contributed by atoms with Gasteiger partial charge in [-0.1, -0.05) is 0 Å². The Bertz CT molecular complexity index is 490. The number of alkyl halides is 2. The molecule has 0 amide bonds. The third-order valence-corrected chi connectivity index (χ3v) is 2.73. The zero-order chi connectivity index (χ0) is 11.8. The first-order valence-electron chi connectivity index (χ1n) is 3.32. The fourth-order valence-corrected chi connectivity index (χ4v) is 2.01. The molecule has 0 radical (unpaired) electrons. The van der Waals surface area contributed by atoms with Gasteiger partial charge in [0.05, 0.1) is 0 Å². The molecule has 0 saturated heterocycles. The van der Waals surface area contributed by atoms with Crippen molar-refractivity contribution in [3.8, 4) is 0 Å². The summed E-state index contributed by atoms with van der Waals surface area (Å²) < 4.78 is 71.2. The van der Waals surface area contributed by atoms with Crippen LogP contribution in [0.2, 0.25) is 0 Å². The lowest BCUT2D eigenvalue weighted by Gasteiger charge is -2.05. The fraction of sp³-hybridized carbons (Fsp3) is 0.167. The number of aromatic nitrogens is 1. The molecule has 0 aliphatic carbocycles. The van der Waals surface area contributed by atoms with Crippen LogP contribution in [0.25, 0.3) is 0 Å². The molecular weight excluding hydrogens is 262 g/mol. The molecule has 9 heteroatoms. The Balaban J connectivity index is 3.62. The molecule has 0 bridgehead atoms. The van der Waals surface area contributed by atoms with E-state index in [1.165, 1.54) is 0 Å². The minimum absolute atomic E-state index is 0.0567. The van der Waals surface area contributed by atoms with Gasteiger partial charge in [-0.3, -0.25) is 0 Å². The Morgan fingerprint density at radius 1 is 1.33 bits per heavy atom. The van der Waals surface area contributed by atoms with Crippen LogP contribution in [0.5, 0.6) is 0 Å². The van der Waals surface area contributed by atoms with Gasteiger partial charge in [0.25, 0.3) is 15.5 Å². The average molecular weight is 264 g/mol. The van der Waals surface area contributed by atoms with Crippen molar-refractivity contribution in [2.45, 2.75) is 11.3 Å². The summed E-state index contributed by atoms with van der Waals surface area (Å²) in [4.78, 5) is 1.08. The average Bonchev–Trinajstić information content (AvgIpc) is 1.99. The minimum atomic E-state index is -4.74. The molecule has 15 heavy (non-hydrogen) atoms. The molecule has 1 heterocycles. The quantitative estimate of drug-likeness (QED) is 0.467. The monoisotopic (exact) mass is 263 g/mol. The van der Waals surface area contributed by atoms with E-state index in [4.69, 9.17) is 10.7 Å². The summed E-state index contributed by atoms with van der Waals surface area (Å²) in [5.41, 5.74) is -1.54. The van der Waals surface area contributed by atoms with E-state index in [9.17, 15) is 26.0 Å². The van der Waals surface area contributed by atoms with E-state index in [1.807, 2.05) is 0 Å². The van der Waals surface area contributed by atoms with Gasteiger partial charge in [0, 0.05) is 16.7 Å². The zero-order valence-electron chi connectivity index (χ0n) is 6.72. The van der Waals surface area contributed by atoms with Crippen molar-refractivity contribution in [1.82, 2.24) is 4.98 Å². The first-order chi connectivity index (χ1) is 6.73. The van der Waals surface area contributed by atoms with Gasteiger partial charge in [-0.15, -0.1) is 0 Å². The number of hydrogen-bond acceptors (Lipinski definition) is 3. The van der Waals surface area contributed by atoms with Gasteiger partial charge in [0.1, 0.15) is 16.4 Å². The van der Waals surface area contributed by atoms with Gasteiger partial charge in [0.2, 0.25) is 5.95 Å². The Hall–Kier alpha value is -0.890. The van der Waals surface area contributed by atoms with E-state index in [1.54, 1.807) is 0 Å². The number of halogens is 5. The number of pyridine rings is 1. The molecule has 1 aromatic rings. The zero-order valence-corrected chi connectivity index (χ0v) is 8.29. The Morgan fingerprint density at radius 2 is 1.87 bits per heavy atom. The van der Waals surface area contributed by atoms with Crippen molar-refractivity contribution in [2.24, 2.45) is 0 Å². The Labute approximate surface area is 86.1 Å². The second kappa shape index (κ2) is 3.93. The molecule has 0 unspecified atom stereocenters. The number of rotatable bonds is 2. The van der Waals surface area contributed by atoms with Crippen LogP contribution >= 0.6 is 10.7 Å². The maximum absolute atomic E-state index is 12.9. The normalized spacial score (nSPS) is 12.1. The molecular formula is C6H2ClF4NO2S. The summed E-state index contributed by atoms with van der Waals surface area (Å²) in [6, 6.07) is 0.0567. The molecule has 0 saturated carbocycles. The second-order valence-corrected chi connectivity index (χ2v) is 4.88. The van der Waals surface area contributed by atoms with E-state index in [-0.39, 0.29) is 6.07 Å². The highest BCUT2D eigenvalue weighted by Gasteiger charge is 2.28. The molecule has 0 atom stereocenters. The highest BCUT2D eigenvalue weighted by molar-refractivity contribution is 8.13. The largest absolute Gasteiger partial charge is 0.281 e. The highest BCUT2D eigenvalue weighted by Crippen LogP contribution is 2.29. The van der Waals surface area contributed by atoms with Gasteiger partial charge < -0.3 is 0 Å². The Morgan fingerprint density at radius 3 is 2.27 bits per heavy atom. The summed E-state index contributed by atoms with van der Waals surface area (Å²) in [5.74, 6) is -3.25. The summed E-state index contributed by atoms with van der Waals surface area (Å²) in [5, 5.41) is 0. The van der Waals surface area contributed by atoms with Crippen molar-refractivity contribution in [1.29, 1.82) is 0 Å². The molecule has 0 fully saturated rings.